The van der Waals surface area contributed by atoms with Crippen molar-refractivity contribution in [1.29, 1.82) is 0 Å². The van der Waals surface area contributed by atoms with Crippen LogP contribution < -0.4 is 5.48 Å². The molecular formula is C9H9F2N3O2. The maximum atomic E-state index is 12.4. The average molecular weight is 229 g/mol. The number of carbonyl (C=O) groups excluding carboxylic acids is 1. The quantitative estimate of drug-likeness (QED) is 0.775. The number of hydrogen-bond donors (Lipinski definition) is 1. The lowest BCUT2D eigenvalue weighted by Crippen LogP contribution is -2.26. The molecule has 2 rings (SSSR count). The summed E-state index contributed by atoms with van der Waals surface area (Å²) in [5, 5.41) is 0. The third kappa shape index (κ3) is 2.48. The van der Waals surface area contributed by atoms with Gasteiger partial charge in [-0.15, -0.1) is 0 Å². The molecule has 1 aromatic heterocycles. The Balaban J connectivity index is 1.73. The van der Waals surface area contributed by atoms with E-state index in [0.29, 0.717) is 0 Å². The van der Waals surface area contributed by atoms with E-state index in [9.17, 15) is 13.6 Å². The van der Waals surface area contributed by atoms with Gasteiger partial charge in [0.15, 0.2) is 0 Å². The van der Waals surface area contributed by atoms with Crippen LogP contribution in [0.15, 0.2) is 18.6 Å². The molecule has 0 spiro atoms. The molecule has 1 unspecified atom stereocenters. The van der Waals surface area contributed by atoms with Crippen LogP contribution in [0.1, 0.15) is 16.9 Å². The predicted molar refractivity (Wildman–Crippen MR) is 48.5 cm³/mol. The van der Waals surface area contributed by atoms with Gasteiger partial charge in [0.2, 0.25) is 0 Å². The Morgan fingerprint density at radius 1 is 1.62 bits per heavy atom. The SMILES string of the molecule is O=C(NOCC1CC1(F)F)c1cnccn1. The lowest BCUT2D eigenvalue weighted by atomic mass is 10.4. The van der Waals surface area contributed by atoms with Crippen LogP contribution >= 0.6 is 0 Å². The summed E-state index contributed by atoms with van der Waals surface area (Å²) in [7, 11) is 0. The summed E-state index contributed by atoms with van der Waals surface area (Å²) in [6.07, 6.45) is 3.84. The minimum absolute atomic E-state index is 0.0741. The summed E-state index contributed by atoms with van der Waals surface area (Å²) < 4.78 is 24.9. The van der Waals surface area contributed by atoms with Crippen molar-refractivity contribution in [3.63, 3.8) is 0 Å². The molecule has 1 aliphatic rings. The lowest BCUT2D eigenvalue weighted by Gasteiger charge is -2.04. The van der Waals surface area contributed by atoms with E-state index in [-0.39, 0.29) is 18.7 Å². The highest BCUT2D eigenvalue weighted by Crippen LogP contribution is 2.48. The smallest absolute Gasteiger partial charge is 0.273 e. The molecule has 1 aliphatic carbocycles. The Kier molecular flexibility index (Phi) is 2.78. The second-order valence-corrected chi connectivity index (χ2v) is 3.49. The highest BCUT2D eigenvalue weighted by Gasteiger charge is 2.57. The number of halogens is 2. The molecule has 1 N–H and O–H groups in total. The van der Waals surface area contributed by atoms with E-state index in [4.69, 9.17) is 0 Å². The van der Waals surface area contributed by atoms with Crippen molar-refractivity contribution in [2.75, 3.05) is 6.61 Å². The van der Waals surface area contributed by atoms with Gasteiger partial charge in [0, 0.05) is 18.8 Å². The zero-order valence-corrected chi connectivity index (χ0v) is 8.19. The minimum atomic E-state index is -2.64. The predicted octanol–water partition coefficient (Wildman–Crippen LogP) is 0.793. The molecule has 86 valence electrons. The molecule has 7 heteroatoms. The van der Waals surface area contributed by atoms with Gasteiger partial charge in [-0.3, -0.25) is 14.6 Å². The molecule has 5 nitrogen and oxygen atoms in total. The number of rotatable bonds is 4. The fraction of sp³-hybridized carbons (Fsp3) is 0.444. The van der Waals surface area contributed by atoms with Crippen molar-refractivity contribution in [3.05, 3.63) is 24.3 Å². The van der Waals surface area contributed by atoms with Gasteiger partial charge in [-0.2, -0.15) is 0 Å². The molecule has 0 aliphatic heterocycles. The van der Waals surface area contributed by atoms with Crippen LogP contribution in [0.2, 0.25) is 0 Å². The van der Waals surface area contributed by atoms with Gasteiger partial charge < -0.3 is 0 Å². The van der Waals surface area contributed by atoms with E-state index < -0.39 is 17.7 Å². The van der Waals surface area contributed by atoms with Crippen molar-refractivity contribution in [2.24, 2.45) is 5.92 Å². The average Bonchev–Trinajstić information content (AvgIpc) is 2.87. The van der Waals surface area contributed by atoms with Gasteiger partial charge >= 0.3 is 0 Å². The van der Waals surface area contributed by atoms with E-state index in [1.165, 1.54) is 18.6 Å². The number of alkyl halides is 2. The third-order valence-corrected chi connectivity index (χ3v) is 2.20. The molecule has 16 heavy (non-hydrogen) atoms. The number of hydrogen-bond acceptors (Lipinski definition) is 4. The topological polar surface area (TPSA) is 64.1 Å². The van der Waals surface area contributed by atoms with Gasteiger partial charge in [-0.05, 0) is 0 Å². The summed E-state index contributed by atoms with van der Waals surface area (Å²) in [5.74, 6) is -4.04. The van der Waals surface area contributed by atoms with Crippen LogP contribution in [0.4, 0.5) is 8.78 Å². The minimum Gasteiger partial charge on any atom is -0.273 e. The van der Waals surface area contributed by atoms with Gasteiger partial charge in [0.05, 0.1) is 18.7 Å². The molecule has 1 fully saturated rings. The summed E-state index contributed by atoms with van der Waals surface area (Å²) in [4.78, 5) is 23.3. The number of carbonyl (C=O) groups is 1. The molecule has 0 aromatic carbocycles. The Morgan fingerprint density at radius 3 is 2.94 bits per heavy atom. The van der Waals surface area contributed by atoms with Crippen molar-refractivity contribution in [3.8, 4) is 0 Å². The Bertz CT molecular complexity index is 386. The standard InChI is InChI=1S/C9H9F2N3O2/c10-9(11)3-6(9)5-16-14-8(15)7-4-12-1-2-13-7/h1-2,4,6H,3,5H2,(H,14,15). The first-order valence-electron chi connectivity index (χ1n) is 4.65. The summed E-state index contributed by atoms with van der Waals surface area (Å²) in [6, 6.07) is 0. The lowest BCUT2D eigenvalue weighted by molar-refractivity contribution is 0.00704. The summed E-state index contributed by atoms with van der Waals surface area (Å²) in [5.41, 5.74) is 2.11. The number of nitrogens with zero attached hydrogens (tertiary/aromatic N) is 2. The first-order chi connectivity index (χ1) is 7.59. The second kappa shape index (κ2) is 4.09. The molecule has 1 saturated carbocycles. The highest BCUT2D eigenvalue weighted by molar-refractivity contribution is 5.90. The number of hydroxylamine groups is 1. The van der Waals surface area contributed by atoms with Crippen LogP contribution in [0.3, 0.4) is 0 Å². The Morgan fingerprint density at radius 2 is 2.38 bits per heavy atom. The van der Waals surface area contributed by atoms with Crippen LogP contribution in [-0.2, 0) is 4.84 Å². The second-order valence-electron chi connectivity index (χ2n) is 3.49. The van der Waals surface area contributed by atoms with Gasteiger partial charge in [-0.25, -0.2) is 19.2 Å². The van der Waals surface area contributed by atoms with Crippen molar-refractivity contribution < 1.29 is 18.4 Å². The van der Waals surface area contributed by atoms with E-state index in [0.717, 1.165) is 0 Å². The first kappa shape index (κ1) is 10.9. The molecule has 1 amide bonds. The van der Waals surface area contributed by atoms with Crippen molar-refractivity contribution in [1.82, 2.24) is 15.4 Å². The third-order valence-electron chi connectivity index (χ3n) is 2.20. The zero-order chi connectivity index (χ0) is 11.6. The Labute approximate surface area is 89.8 Å². The van der Waals surface area contributed by atoms with Gasteiger partial charge in [0.25, 0.3) is 11.8 Å². The number of amides is 1. The van der Waals surface area contributed by atoms with E-state index in [1.54, 1.807) is 0 Å². The first-order valence-corrected chi connectivity index (χ1v) is 4.65. The maximum absolute atomic E-state index is 12.4. The van der Waals surface area contributed by atoms with E-state index in [1.807, 2.05) is 5.48 Å². The molecule has 1 atom stereocenters. The molecule has 0 bridgehead atoms. The maximum Gasteiger partial charge on any atom is 0.295 e. The fourth-order valence-corrected chi connectivity index (χ4v) is 1.13. The normalized spacial score (nSPS) is 21.5. The van der Waals surface area contributed by atoms with Gasteiger partial charge in [-0.1, -0.05) is 0 Å². The number of aromatic nitrogens is 2. The molecular weight excluding hydrogens is 220 g/mol. The zero-order valence-electron chi connectivity index (χ0n) is 8.19. The molecule has 0 radical (unpaired) electrons. The van der Waals surface area contributed by atoms with Crippen molar-refractivity contribution in [2.45, 2.75) is 12.3 Å². The fourth-order valence-electron chi connectivity index (χ4n) is 1.13. The van der Waals surface area contributed by atoms with E-state index >= 15 is 0 Å². The van der Waals surface area contributed by atoms with Crippen LogP contribution in [0.5, 0.6) is 0 Å². The van der Waals surface area contributed by atoms with Gasteiger partial charge in [0.1, 0.15) is 5.69 Å². The highest BCUT2D eigenvalue weighted by atomic mass is 19.3. The van der Waals surface area contributed by atoms with Crippen molar-refractivity contribution >= 4 is 5.91 Å². The molecule has 1 heterocycles. The largest absolute Gasteiger partial charge is 0.295 e. The summed E-state index contributed by atoms with van der Waals surface area (Å²) >= 11 is 0. The number of nitrogens with one attached hydrogen (secondary N) is 1. The summed E-state index contributed by atoms with van der Waals surface area (Å²) in [6.45, 7) is -0.195. The van der Waals surface area contributed by atoms with E-state index in [2.05, 4.69) is 14.8 Å². The Hall–Kier alpha value is -1.63. The monoisotopic (exact) mass is 229 g/mol. The van der Waals surface area contributed by atoms with Crippen LogP contribution in [0.25, 0.3) is 0 Å². The molecule has 0 saturated heterocycles. The van der Waals surface area contributed by atoms with Crippen LogP contribution in [-0.4, -0.2) is 28.4 Å². The van der Waals surface area contributed by atoms with Crippen LogP contribution in [0, 0.1) is 5.92 Å². The molecule has 1 aromatic rings.